The number of nitrogens with one attached hydrogen (secondary N) is 1. The maximum atomic E-state index is 12.9. The molecule has 0 atom stereocenters. The number of hydrogen-bond acceptors (Lipinski definition) is 2. The third-order valence-electron chi connectivity index (χ3n) is 4.64. The van der Waals surface area contributed by atoms with Crippen LogP contribution in [-0.2, 0) is 4.79 Å². The Morgan fingerprint density at radius 2 is 1.75 bits per heavy atom. The Morgan fingerprint density at radius 1 is 1.10 bits per heavy atom. The number of benzene rings is 1. The summed E-state index contributed by atoms with van der Waals surface area (Å²) in [6.07, 6.45) is 4.18. The van der Waals surface area contributed by atoms with Gasteiger partial charge in [-0.05, 0) is 57.8 Å². The van der Waals surface area contributed by atoms with Crippen LogP contribution in [0.2, 0.25) is 0 Å². The van der Waals surface area contributed by atoms with Crippen LogP contribution in [0.15, 0.2) is 24.3 Å². The lowest BCUT2D eigenvalue weighted by Gasteiger charge is -2.44. The molecule has 110 valence electrons. The highest BCUT2D eigenvalue weighted by Gasteiger charge is 2.44. The predicted octanol–water partition coefficient (Wildman–Crippen LogP) is 2.91. The van der Waals surface area contributed by atoms with Gasteiger partial charge in [0.1, 0.15) is 0 Å². The summed E-state index contributed by atoms with van der Waals surface area (Å²) in [5.41, 5.74) is 2.21. The molecule has 2 saturated heterocycles. The molecule has 0 saturated carbocycles. The molecule has 3 rings (SSSR count). The SMILES string of the molecule is Cc1ccc(N2CCCC3(CCNCC3)C2=O)cc1.Cl. The van der Waals surface area contributed by atoms with E-state index >= 15 is 0 Å². The fraction of sp³-hybridized carbons (Fsp3) is 0.562. The van der Waals surface area contributed by atoms with Crippen LogP contribution < -0.4 is 10.2 Å². The van der Waals surface area contributed by atoms with Gasteiger partial charge in [-0.1, -0.05) is 17.7 Å². The Morgan fingerprint density at radius 3 is 2.40 bits per heavy atom. The van der Waals surface area contributed by atoms with Crippen molar-refractivity contribution < 1.29 is 4.79 Å². The molecule has 1 N–H and O–H groups in total. The standard InChI is InChI=1S/C16H22N2O.ClH/c1-13-3-5-14(6-4-13)18-12-2-7-16(15(18)19)8-10-17-11-9-16;/h3-6,17H,2,7-12H2,1H3;1H. The van der Waals surface area contributed by atoms with Crippen molar-refractivity contribution in [3.05, 3.63) is 29.8 Å². The van der Waals surface area contributed by atoms with Gasteiger partial charge in [-0.25, -0.2) is 0 Å². The normalized spacial score (nSPS) is 21.6. The van der Waals surface area contributed by atoms with Crippen LogP contribution in [0.25, 0.3) is 0 Å². The number of hydrogen-bond donors (Lipinski definition) is 1. The van der Waals surface area contributed by atoms with Crippen LogP contribution in [0.1, 0.15) is 31.2 Å². The number of aryl methyl sites for hydroxylation is 1. The van der Waals surface area contributed by atoms with E-state index in [0.717, 1.165) is 51.0 Å². The Balaban J connectivity index is 0.00000147. The predicted molar refractivity (Wildman–Crippen MR) is 84.6 cm³/mol. The van der Waals surface area contributed by atoms with E-state index in [4.69, 9.17) is 0 Å². The number of halogens is 1. The van der Waals surface area contributed by atoms with Gasteiger partial charge in [-0.15, -0.1) is 12.4 Å². The van der Waals surface area contributed by atoms with Crippen molar-refractivity contribution in [1.82, 2.24) is 5.32 Å². The molecule has 1 spiro atoms. The zero-order valence-corrected chi connectivity index (χ0v) is 12.8. The highest BCUT2D eigenvalue weighted by molar-refractivity contribution is 5.98. The summed E-state index contributed by atoms with van der Waals surface area (Å²) in [5, 5.41) is 3.37. The Kier molecular flexibility index (Phi) is 4.71. The summed E-state index contributed by atoms with van der Waals surface area (Å²) in [5.74, 6) is 0.351. The van der Waals surface area contributed by atoms with E-state index in [1.54, 1.807) is 0 Å². The van der Waals surface area contributed by atoms with Crippen LogP contribution in [0.4, 0.5) is 5.69 Å². The minimum absolute atomic E-state index is 0. The molecule has 2 fully saturated rings. The van der Waals surface area contributed by atoms with Gasteiger partial charge in [0.25, 0.3) is 0 Å². The lowest BCUT2D eigenvalue weighted by Crippen LogP contribution is -2.53. The molecule has 2 aliphatic heterocycles. The first-order valence-electron chi connectivity index (χ1n) is 7.31. The highest BCUT2D eigenvalue weighted by Crippen LogP contribution is 2.40. The average Bonchev–Trinajstić information content (AvgIpc) is 2.44. The molecule has 0 aromatic heterocycles. The third kappa shape index (κ3) is 2.70. The monoisotopic (exact) mass is 294 g/mol. The molecule has 0 unspecified atom stereocenters. The van der Waals surface area contributed by atoms with E-state index in [1.165, 1.54) is 5.56 Å². The van der Waals surface area contributed by atoms with Gasteiger partial charge in [-0.3, -0.25) is 4.79 Å². The van der Waals surface area contributed by atoms with E-state index < -0.39 is 0 Å². The first-order valence-corrected chi connectivity index (χ1v) is 7.31. The molecule has 1 aromatic rings. The van der Waals surface area contributed by atoms with Crippen LogP contribution in [0.5, 0.6) is 0 Å². The summed E-state index contributed by atoms with van der Waals surface area (Å²) in [6.45, 7) is 4.91. The maximum absolute atomic E-state index is 12.9. The molecule has 3 nitrogen and oxygen atoms in total. The maximum Gasteiger partial charge on any atom is 0.233 e. The summed E-state index contributed by atoms with van der Waals surface area (Å²) in [6, 6.07) is 8.33. The van der Waals surface area contributed by atoms with E-state index in [9.17, 15) is 4.79 Å². The fourth-order valence-electron chi connectivity index (χ4n) is 3.41. The molecule has 0 radical (unpaired) electrons. The van der Waals surface area contributed by atoms with E-state index in [-0.39, 0.29) is 17.8 Å². The second-order valence-corrected chi connectivity index (χ2v) is 5.93. The van der Waals surface area contributed by atoms with Gasteiger partial charge < -0.3 is 10.2 Å². The molecular formula is C16H23ClN2O. The second-order valence-electron chi connectivity index (χ2n) is 5.93. The number of rotatable bonds is 1. The van der Waals surface area contributed by atoms with Crippen LogP contribution in [-0.4, -0.2) is 25.5 Å². The Bertz CT molecular complexity index is 460. The smallest absolute Gasteiger partial charge is 0.233 e. The molecule has 0 bridgehead atoms. The van der Waals surface area contributed by atoms with Gasteiger partial charge in [0.05, 0.1) is 5.41 Å². The van der Waals surface area contributed by atoms with Crippen molar-refractivity contribution in [2.45, 2.75) is 32.6 Å². The van der Waals surface area contributed by atoms with Crippen molar-refractivity contribution in [2.24, 2.45) is 5.41 Å². The fourth-order valence-corrected chi connectivity index (χ4v) is 3.41. The lowest BCUT2D eigenvalue weighted by atomic mass is 9.72. The van der Waals surface area contributed by atoms with Crippen molar-refractivity contribution in [1.29, 1.82) is 0 Å². The van der Waals surface area contributed by atoms with Crippen LogP contribution in [0.3, 0.4) is 0 Å². The quantitative estimate of drug-likeness (QED) is 0.864. The number of amides is 1. The van der Waals surface area contributed by atoms with Crippen molar-refractivity contribution in [3.63, 3.8) is 0 Å². The van der Waals surface area contributed by atoms with Crippen molar-refractivity contribution >= 4 is 24.0 Å². The van der Waals surface area contributed by atoms with Crippen LogP contribution >= 0.6 is 12.4 Å². The third-order valence-corrected chi connectivity index (χ3v) is 4.64. The van der Waals surface area contributed by atoms with Gasteiger partial charge in [0.2, 0.25) is 5.91 Å². The van der Waals surface area contributed by atoms with Crippen molar-refractivity contribution in [2.75, 3.05) is 24.5 Å². The topological polar surface area (TPSA) is 32.3 Å². The molecule has 2 aliphatic rings. The number of anilines is 1. The molecule has 20 heavy (non-hydrogen) atoms. The average molecular weight is 295 g/mol. The Hall–Kier alpha value is -1.06. The van der Waals surface area contributed by atoms with Gasteiger partial charge in [0.15, 0.2) is 0 Å². The zero-order valence-electron chi connectivity index (χ0n) is 12.0. The lowest BCUT2D eigenvalue weighted by molar-refractivity contribution is -0.132. The molecule has 0 aliphatic carbocycles. The molecule has 1 amide bonds. The van der Waals surface area contributed by atoms with E-state index in [1.807, 2.05) is 4.90 Å². The summed E-state index contributed by atoms with van der Waals surface area (Å²) in [7, 11) is 0. The summed E-state index contributed by atoms with van der Waals surface area (Å²) >= 11 is 0. The molecule has 4 heteroatoms. The second kappa shape index (κ2) is 6.15. The number of carbonyl (C=O) groups excluding carboxylic acids is 1. The van der Waals surface area contributed by atoms with Crippen molar-refractivity contribution in [3.8, 4) is 0 Å². The molecule has 2 heterocycles. The van der Waals surface area contributed by atoms with E-state index in [2.05, 4.69) is 36.5 Å². The Labute approximate surface area is 127 Å². The highest BCUT2D eigenvalue weighted by atomic mass is 35.5. The van der Waals surface area contributed by atoms with Gasteiger partial charge >= 0.3 is 0 Å². The summed E-state index contributed by atoms with van der Waals surface area (Å²) < 4.78 is 0. The number of carbonyl (C=O) groups is 1. The minimum Gasteiger partial charge on any atom is -0.317 e. The number of piperidine rings is 2. The molecular weight excluding hydrogens is 272 g/mol. The minimum atomic E-state index is -0.0889. The zero-order chi connectivity index (χ0) is 13.3. The number of nitrogens with zero attached hydrogens (tertiary/aromatic N) is 1. The molecule has 1 aromatic carbocycles. The van der Waals surface area contributed by atoms with Gasteiger partial charge in [0, 0.05) is 12.2 Å². The first kappa shape index (κ1) is 15.3. The summed E-state index contributed by atoms with van der Waals surface area (Å²) in [4.78, 5) is 14.9. The van der Waals surface area contributed by atoms with Crippen LogP contribution in [0, 0.1) is 12.3 Å². The largest absolute Gasteiger partial charge is 0.317 e. The van der Waals surface area contributed by atoms with Gasteiger partial charge in [-0.2, -0.15) is 0 Å². The first-order chi connectivity index (χ1) is 9.21. The van der Waals surface area contributed by atoms with E-state index in [0.29, 0.717) is 5.91 Å².